The zero-order chi connectivity index (χ0) is 16.8. The Morgan fingerprint density at radius 2 is 1.38 bits per heavy atom. The summed E-state index contributed by atoms with van der Waals surface area (Å²) in [5.74, 6) is 0.434. The van der Waals surface area contributed by atoms with Crippen molar-refractivity contribution in [3.63, 3.8) is 0 Å². The van der Waals surface area contributed by atoms with Crippen LogP contribution in [0.15, 0.2) is 78.9 Å². The predicted molar refractivity (Wildman–Crippen MR) is 105 cm³/mol. The molecule has 1 unspecified atom stereocenters. The average Bonchev–Trinajstić information content (AvgIpc) is 2.67. The Morgan fingerprint density at radius 3 is 2.04 bits per heavy atom. The topological polar surface area (TPSA) is 12.0 Å². The molecule has 1 nitrogen and oxygen atoms in total. The highest BCUT2D eigenvalue weighted by Gasteiger charge is 2.16. The highest BCUT2D eigenvalue weighted by molar-refractivity contribution is 5.64. The number of benzene rings is 3. The van der Waals surface area contributed by atoms with Crippen molar-refractivity contribution in [2.75, 3.05) is 12.4 Å². The number of hydrogen-bond donors (Lipinski definition) is 1. The van der Waals surface area contributed by atoms with Crippen molar-refractivity contribution in [3.8, 4) is 11.1 Å². The summed E-state index contributed by atoms with van der Waals surface area (Å²) in [7, 11) is 2.00. The van der Waals surface area contributed by atoms with Gasteiger partial charge in [0.1, 0.15) is 0 Å². The van der Waals surface area contributed by atoms with Crippen LogP contribution in [-0.2, 0) is 0 Å². The van der Waals surface area contributed by atoms with Crippen LogP contribution in [0.5, 0.6) is 0 Å². The monoisotopic (exact) mass is 315 g/mol. The van der Waals surface area contributed by atoms with Crippen molar-refractivity contribution in [1.29, 1.82) is 0 Å². The van der Waals surface area contributed by atoms with Crippen molar-refractivity contribution >= 4 is 5.69 Å². The molecule has 0 radical (unpaired) electrons. The van der Waals surface area contributed by atoms with E-state index in [9.17, 15) is 0 Å². The first kappa shape index (κ1) is 16.3. The fraction of sp³-hybridized carbons (Fsp3) is 0.217. The molecule has 1 heteroatoms. The fourth-order valence-electron chi connectivity index (χ4n) is 3.36. The summed E-state index contributed by atoms with van der Waals surface area (Å²) in [6, 6.07) is 28.3. The van der Waals surface area contributed by atoms with E-state index in [0.717, 1.165) is 6.42 Å². The summed E-state index contributed by atoms with van der Waals surface area (Å²) < 4.78 is 0. The number of anilines is 1. The molecule has 24 heavy (non-hydrogen) atoms. The first-order chi connectivity index (χ1) is 11.8. The van der Waals surface area contributed by atoms with Crippen LogP contribution in [0, 0.1) is 0 Å². The van der Waals surface area contributed by atoms with Crippen LogP contribution >= 0.6 is 0 Å². The lowest BCUT2D eigenvalue weighted by Crippen LogP contribution is -2.04. The van der Waals surface area contributed by atoms with Gasteiger partial charge in [-0.25, -0.2) is 0 Å². The second kappa shape index (κ2) is 7.83. The molecule has 0 aliphatic heterocycles. The fourth-order valence-corrected chi connectivity index (χ4v) is 3.36. The third kappa shape index (κ3) is 3.51. The van der Waals surface area contributed by atoms with E-state index in [1.165, 1.54) is 34.4 Å². The average molecular weight is 315 g/mol. The van der Waals surface area contributed by atoms with Gasteiger partial charge in [-0.15, -0.1) is 0 Å². The molecule has 3 aromatic carbocycles. The van der Waals surface area contributed by atoms with Crippen LogP contribution < -0.4 is 5.32 Å². The van der Waals surface area contributed by atoms with Crippen LogP contribution in [-0.4, -0.2) is 7.05 Å². The summed E-state index contributed by atoms with van der Waals surface area (Å²) in [5.41, 5.74) is 6.54. The first-order valence-corrected chi connectivity index (χ1v) is 8.75. The van der Waals surface area contributed by atoms with Gasteiger partial charge in [-0.05, 0) is 34.7 Å². The zero-order valence-electron chi connectivity index (χ0n) is 14.5. The predicted octanol–water partition coefficient (Wildman–Crippen LogP) is 6.33. The largest absolute Gasteiger partial charge is 0.388 e. The minimum Gasteiger partial charge on any atom is -0.388 e. The Morgan fingerprint density at radius 1 is 0.750 bits per heavy atom. The van der Waals surface area contributed by atoms with E-state index in [1.54, 1.807) is 0 Å². The van der Waals surface area contributed by atoms with Gasteiger partial charge < -0.3 is 5.32 Å². The van der Waals surface area contributed by atoms with E-state index in [1.807, 2.05) is 7.05 Å². The Balaban J connectivity index is 1.95. The minimum absolute atomic E-state index is 0.434. The molecule has 0 fully saturated rings. The molecule has 0 saturated carbocycles. The number of para-hydroxylation sites is 1. The van der Waals surface area contributed by atoms with Gasteiger partial charge in [0.2, 0.25) is 0 Å². The molecular formula is C23H25N. The van der Waals surface area contributed by atoms with Crippen molar-refractivity contribution in [2.24, 2.45) is 0 Å². The normalized spacial score (nSPS) is 11.9. The van der Waals surface area contributed by atoms with Gasteiger partial charge in [-0.2, -0.15) is 0 Å². The molecule has 0 aliphatic carbocycles. The van der Waals surface area contributed by atoms with E-state index >= 15 is 0 Å². The van der Waals surface area contributed by atoms with E-state index < -0.39 is 0 Å². The number of rotatable bonds is 6. The summed E-state index contributed by atoms with van der Waals surface area (Å²) >= 11 is 0. The van der Waals surface area contributed by atoms with Crippen LogP contribution in [0.1, 0.15) is 36.8 Å². The number of nitrogens with one attached hydrogen (secondary N) is 1. The van der Waals surface area contributed by atoms with E-state index in [0.29, 0.717) is 5.92 Å². The lowest BCUT2D eigenvalue weighted by atomic mass is 9.86. The zero-order valence-corrected chi connectivity index (χ0v) is 14.5. The van der Waals surface area contributed by atoms with Crippen LogP contribution in [0.4, 0.5) is 5.69 Å². The Labute approximate surface area is 145 Å². The van der Waals surface area contributed by atoms with Gasteiger partial charge in [0.05, 0.1) is 0 Å². The number of hydrogen-bond acceptors (Lipinski definition) is 1. The molecule has 1 atom stereocenters. The van der Waals surface area contributed by atoms with Gasteiger partial charge in [-0.3, -0.25) is 0 Å². The standard InChI is InChI=1S/C23H25N/c1-3-9-21(22-12-7-8-13-23(22)24-2)20-16-14-19(15-17-20)18-10-5-4-6-11-18/h4-8,10-17,21,24H,3,9H2,1-2H3. The maximum atomic E-state index is 3.34. The SMILES string of the molecule is CCCC(c1ccc(-c2ccccc2)cc1)c1ccccc1NC. The molecule has 122 valence electrons. The molecule has 0 amide bonds. The van der Waals surface area contributed by atoms with Crippen LogP contribution in [0.3, 0.4) is 0 Å². The third-order valence-corrected chi connectivity index (χ3v) is 4.60. The second-order valence-electron chi connectivity index (χ2n) is 6.17. The highest BCUT2D eigenvalue weighted by atomic mass is 14.8. The summed E-state index contributed by atoms with van der Waals surface area (Å²) in [5, 5.41) is 3.34. The maximum Gasteiger partial charge on any atom is 0.0376 e. The van der Waals surface area contributed by atoms with Crippen LogP contribution in [0.25, 0.3) is 11.1 Å². The van der Waals surface area contributed by atoms with Gasteiger partial charge in [0, 0.05) is 18.7 Å². The summed E-state index contributed by atoms with van der Waals surface area (Å²) in [6.07, 6.45) is 2.33. The van der Waals surface area contributed by atoms with Gasteiger partial charge in [-0.1, -0.05) is 86.1 Å². The molecule has 0 heterocycles. The van der Waals surface area contributed by atoms with Gasteiger partial charge in [0.25, 0.3) is 0 Å². The van der Waals surface area contributed by atoms with Crippen molar-refractivity contribution in [1.82, 2.24) is 0 Å². The Hall–Kier alpha value is -2.54. The molecule has 3 aromatic rings. The summed E-state index contributed by atoms with van der Waals surface area (Å²) in [4.78, 5) is 0. The molecule has 0 bridgehead atoms. The minimum atomic E-state index is 0.434. The molecule has 1 N–H and O–H groups in total. The summed E-state index contributed by atoms with van der Waals surface area (Å²) in [6.45, 7) is 2.26. The molecule has 0 aromatic heterocycles. The Kier molecular flexibility index (Phi) is 5.32. The second-order valence-corrected chi connectivity index (χ2v) is 6.17. The smallest absolute Gasteiger partial charge is 0.0376 e. The molecule has 0 saturated heterocycles. The van der Waals surface area contributed by atoms with E-state index in [-0.39, 0.29) is 0 Å². The Bertz CT molecular complexity index is 760. The van der Waals surface area contributed by atoms with Crippen LogP contribution in [0.2, 0.25) is 0 Å². The van der Waals surface area contributed by atoms with E-state index in [2.05, 4.69) is 91.1 Å². The molecule has 0 aliphatic rings. The van der Waals surface area contributed by atoms with E-state index in [4.69, 9.17) is 0 Å². The molecular weight excluding hydrogens is 290 g/mol. The van der Waals surface area contributed by atoms with Gasteiger partial charge >= 0.3 is 0 Å². The van der Waals surface area contributed by atoms with Gasteiger partial charge in [0.15, 0.2) is 0 Å². The first-order valence-electron chi connectivity index (χ1n) is 8.75. The molecule has 0 spiro atoms. The lowest BCUT2D eigenvalue weighted by molar-refractivity contribution is 0.699. The third-order valence-electron chi connectivity index (χ3n) is 4.60. The van der Waals surface area contributed by atoms with Crippen molar-refractivity contribution < 1.29 is 0 Å². The molecule has 3 rings (SSSR count). The highest BCUT2D eigenvalue weighted by Crippen LogP contribution is 2.34. The maximum absolute atomic E-state index is 3.34. The van der Waals surface area contributed by atoms with Crippen molar-refractivity contribution in [3.05, 3.63) is 90.0 Å². The van der Waals surface area contributed by atoms with Crippen molar-refractivity contribution in [2.45, 2.75) is 25.7 Å². The quantitative estimate of drug-likeness (QED) is 0.560. The lowest BCUT2D eigenvalue weighted by Gasteiger charge is -2.21.